The van der Waals surface area contributed by atoms with E-state index in [-0.39, 0.29) is 6.71 Å². The molecular weight excluding hydrogens is 1200 g/mol. The van der Waals surface area contributed by atoms with Crippen molar-refractivity contribution in [2.75, 3.05) is 0 Å². The number of rotatable bonds is 11. The summed E-state index contributed by atoms with van der Waals surface area (Å²) in [4.78, 5) is 11.7. The second kappa shape index (κ2) is 22.9. The number of hydrogen-bond donors (Lipinski definition) is 0. The molecule has 18 aromatic rings. The minimum atomic E-state index is -0.148. The molecule has 20 rings (SSSR count). The second-order valence-electron chi connectivity index (χ2n) is 26.3. The molecule has 0 saturated carbocycles. The van der Waals surface area contributed by atoms with Crippen molar-refractivity contribution in [2.45, 2.75) is 0 Å². The summed E-state index contributed by atoms with van der Waals surface area (Å²) in [5.41, 5.74) is 33.7. The van der Waals surface area contributed by atoms with E-state index in [0.717, 1.165) is 95.0 Å². The maximum absolute atomic E-state index is 5.95. The first-order chi connectivity index (χ1) is 49.1. The van der Waals surface area contributed by atoms with Crippen molar-refractivity contribution in [3.8, 4) is 134 Å². The number of aromatic nitrogens is 4. The second-order valence-corrected chi connectivity index (χ2v) is 26.3. The van der Waals surface area contributed by atoms with Crippen LogP contribution in [0.3, 0.4) is 0 Å². The largest absolute Gasteiger partial charge is 0.310 e. The van der Waals surface area contributed by atoms with Gasteiger partial charge in [-0.25, -0.2) is 9.97 Å². The first-order valence-electron chi connectivity index (χ1n) is 34.1. The molecule has 15 aromatic carbocycles. The highest BCUT2D eigenvalue weighted by atomic mass is 15.0. The Balaban J connectivity index is 0.929. The molecule has 2 aliphatic heterocycles. The van der Waals surface area contributed by atoms with Gasteiger partial charge in [-0.2, -0.15) is 0 Å². The monoisotopic (exact) mass is 1250 g/mol. The van der Waals surface area contributed by atoms with Crippen LogP contribution in [-0.2, 0) is 0 Å². The molecule has 3 aromatic heterocycles. The molecule has 0 atom stereocenters. The Morgan fingerprint density at radius 1 is 0.222 bits per heavy atom. The highest BCUT2D eigenvalue weighted by molar-refractivity contribution is 7.00. The first-order valence-corrected chi connectivity index (χ1v) is 34.1. The third-order valence-corrected chi connectivity index (χ3v) is 20.7. The fourth-order valence-corrected chi connectivity index (χ4v) is 16.2. The van der Waals surface area contributed by atoms with Gasteiger partial charge in [-0.05, 0) is 184 Å². The van der Waals surface area contributed by atoms with Crippen molar-refractivity contribution >= 4 is 66.7 Å². The molecule has 0 amide bonds. The van der Waals surface area contributed by atoms with Crippen molar-refractivity contribution in [1.29, 1.82) is 0 Å². The van der Waals surface area contributed by atoms with Gasteiger partial charge in [0.15, 0.2) is 5.82 Å². The third kappa shape index (κ3) is 9.31. The van der Waals surface area contributed by atoms with E-state index in [9.17, 15) is 0 Å². The molecule has 0 bridgehead atoms. The maximum atomic E-state index is 5.95. The van der Waals surface area contributed by atoms with Crippen molar-refractivity contribution in [3.05, 3.63) is 358 Å². The lowest BCUT2D eigenvalue weighted by atomic mass is 9.34. The van der Waals surface area contributed by atoms with E-state index in [1.165, 1.54) is 93.5 Å². The summed E-state index contributed by atoms with van der Waals surface area (Å²) in [6.45, 7) is -0.148. The Bertz CT molecular complexity index is 5740. The Kier molecular flexibility index (Phi) is 13.0. The van der Waals surface area contributed by atoms with Crippen LogP contribution in [0, 0.1) is 0 Å². The minimum absolute atomic E-state index is 0.148. The summed E-state index contributed by atoms with van der Waals surface area (Å²) in [7, 11) is 0. The Labute approximate surface area is 574 Å². The minimum Gasteiger partial charge on any atom is -0.310 e. The van der Waals surface area contributed by atoms with E-state index in [4.69, 9.17) is 9.97 Å². The predicted octanol–water partition coefficient (Wildman–Crippen LogP) is 22.2. The molecule has 5 heterocycles. The van der Waals surface area contributed by atoms with E-state index in [2.05, 4.69) is 367 Å². The first kappa shape index (κ1) is 56.4. The molecule has 0 aliphatic carbocycles. The normalized spacial score (nSPS) is 12.0. The quantitative estimate of drug-likeness (QED) is 0.121. The van der Waals surface area contributed by atoms with Gasteiger partial charge in [0.05, 0.1) is 22.4 Å². The van der Waals surface area contributed by atoms with E-state index in [0.29, 0.717) is 5.82 Å². The Hall–Kier alpha value is -13.0. The Morgan fingerprint density at radius 2 is 0.525 bits per heavy atom. The topological polar surface area (TPSA) is 35.6 Å². The highest BCUT2D eigenvalue weighted by Gasteiger charge is 2.42. The van der Waals surface area contributed by atoms with E-state index >= 15 is 0 Å². The Morgan fingerprint density at radius 3 is 0.879 bits per heavy atom. The molecule has 458 valence electrons. The van der Waals surface area contributed by atoms with Crippen LogP contribution in [0.25, 0.3) is 178 Å². The summed E-state index contributed by atoms with van der Waals surface area (Å²) in [6, 6.07) is 132. The SMILES string of the molecule is c1ccc(-c2cc(-c3ccccc3)cc(-c3cc(-c4cc5c6c(c4)-n4c7ccc(-c8ccccc8)cc7c7c(-c8ccccc8)ccc(c74)B6c4ccc(-c6ccccc6)c6c7cc(-c8ccccc8)ccc7n-5c46)nc(-c4cc(-c5ccccc5)cc(-c5ccccc5)c4)n3)c2)cc1. The van der Waals surface area contributed by atoms with Gasteiger partial charge in [0.1, 0.15) is 0 Å². The van der Waals surface area contributed by atoms with Crippen molar-refractivity contribution < 1.29 is 0 Å². The summed E-state index contributed by atoms with van der Waals surface area (Å²) < 4.78 is 5.24. The van der Waals surface area contributed by atoms with Crippen molar-refractivity contribution in [2.24, 2.45) is 0 Å². The van der Waals surface area contributed by atoms with Crippen LogP contribution in [0.4, 0.5) is 0 Å². The molecule has 5 heteroatoms. The summed E-state index contributed by atoms with van der Waals surface area (Å²) >= 11 is 0. The van der Waals surface area contributed by atoms with Crippen LogP contribution in [0.15, 0.2) is 358 Å². The maximum Gasteiger partial charge on any atom is 0.252 e. The van der Waals surface area contributed by atoms with Crippen molar-refractivity contribution in [1.82, 2.24) is 19.1 Å². The zero-order chi connectivity index (χ0) is 65.1. The number of nitrogens with zero attached hydrogens (tertiary/aromatic N) is 4. The fourth-order valence-electron chi connectivity index (χ4n) is 16.2. The van der Waals surface area contributed by atoms with Gasteiger partial charge in [-0.15, -0.1) is 0 Å². The summed E-state index contributed by atoms with van der Waals surface area (Å²) in [5.74, 6) is 0.633. The molecule has 0 unspecified atom stereocenters. The lowest BCUT2D eigenvalue weighted by molar-refractivity contribution is 1.14. The van der Waals surface area contributed by atoms with Gasteiger partial charge in [0.2, 0.25) is 0 Å². The highest BCUT2D eigenvalue weighted by Crippen LogP contribution is 2.47. The number of benzene rings is 15. The van der Waals surface area contributed by atoms with Gasteiger partial charge in [-0.1, -0.05) is 279 Å². The van der Waals surface area contributed by atoms with Crippen LogP contribution >= 0.6 is 0 Å². The van der Waals surface area contributed by atoms with Gasteiger partial charge in [0.25, 0.3) is 6.71 Å². The van der Waals surface area contributed by atoms with Crippen LogP contribution < -0.4 is 16.4 Å². The molecule has 4 nitrogen and oxygen atoms in total. The zero-order valence-corrected chi connectivity index (χ0v) is 53.9. The van der Waals surface area contributed by atoms with Gasteiger partial charge >= 0.3 is 0 Å². The lowest BCUT2D eigenvalue weighted by Gasteiger charge is -2.34. The number of fused-ring (bicyclic) bond motifs is 10. The number of hydrogen-bond acceptors (Lipinski definition) is 2. The smallest absolute Gasteiger partial charge is 0.252 e. The van der Waals surface area contributed by atoms with E-state index in [1.807, 2.05) is 0 Å². The molecule has 0 fully saturated rings. The van der Waals surface area contributed by atoms with Crippen LogP contribution in [0.5, 0.6) is 0 Å². The zero-order valence-electron chi connectivity index (χ0n) is 53.9. The van der Waals surface area contributed by atoms with E-state index in [1.54, 1.807) is 0 Å². The average Bonchev–Trinajstić information content (AvgIpc) is 1.55. The lowest BCUT2D eigenvalue weighted by Crippen LogP contribution is -2.59. The molecule has 0 N–H and O–H groups in total. The van der Waals surface area contributed by atoms with Gasteiger partial charge in [0, 0.05) is 60.6 Å². The molecule has 0 spiro atoms. The van der Waals surface area contributed by atoms with Crippen LogP contribution in [-0.4, -0.2) is 25.8 Å². The third-order valence-electron chi connectivity index (χ3n) is 20.7. The van der Waals surface area contributed by atoms with Crippen molar-refractivity contribution in [3.63, 3.8) is 0 Å². The van der Waals surface area contributed by atoms with Crippen LogP contribution in [0.2, 0.25) is 0 Å². The molecule has 2 aliphatic rings. The van der Waals surface area contributed by atoms with Gasteiger partial charge < -0.3 is 9.13 Å². The molecule has 0 radical (unpaired) electrons. The average molecular weight is 1260 g/mol. The molecule has 0 saturated heterocycles. The molecule has 99 heavy (non-hydrogen) atoms. The van der Waals surface area contributed by atoms with Crippen LogP contribution in [0.1, 0.15) is 0 Å². The van der Waals surface area contributed by atoms with Gasteiger partial charge in [-0.3, -0.25) is 0 Å². The predicted molar refractivity (Wildman–Crippen MR) is 415 cm³/mol. The van der Waals surface area contributed by atoms with E-state index < -0.39 is 0 Å². The summed E-state index contributed by atoms with van der Waals surface area (Å²) in [5, 5.41) is 4.90. The standard InChI is InChI=1S/C94H59BN4/c1-9-25-60(26-10-1)68-41-47-85-79(55-68)89-77(66-37-21-7-22-38-66)43-45-81-92(89)98(85)87-57-75(58-88-91(87)95(81)82-46-44-78(67-39-23-8-24-40-67)90-80-56-69(61-27-11-2-12-28-61)42-48-86(80)99(88)93(82)90)84-59-83(74-51-70(62-29-13-3-14-30-62)49-71(52-74)63-31-15-4-16-32-63)96-94(97-84)76-53-72(64-33-17-5-18-34-64)50-73(54-76)65-35-19-6-20-36-65/h1-59H. The fraction of sp³-hybridized carbons (Fsp3) is 0. The molecular formula is C94H59BN4. The summed E-state index contributed by atoms with van der Waals surface area (Å²) in [6.07, 6.45) is 0.